The molecule has 2 aromatic carbocycles. The molecule has 5 heteroatoms. The van der Waals surface area contributed by atoms with Crippen molar-refractivity contribution in [2.24, 2.45) is 0 Å². The van der Waals surface area contributed by atoms with Crippen molar-refractivity contribution in [3.8, 4) is 0 Å². The fourth-order valence-corrected chi connectivity index (χ4v) is 3.92. The van der Waals surface area contributed by atoms with Gasteiger partial charge in [0.25, 0.3) is 0 Å². The van der Waals surface area contributed by atoms with Crippen LogP contribution in [0.5, 0.6) is 0 Å². The number of carbonyl (C=O) groups is 1. The standard InChI is InChI=1S/C22H20N4O/c27-19-12-6-10-17-20(19)21(23-16-8-2-1-3-9-16)25-22(24-17)26-14-13-15-7-4-5-11-18(15)26/h1-5,7-9,11H,6,10,12-14H2,(H,23,24,25). The number of Topliss-reactive ketones (excluding diaryl/α,β-unsaturated/α-hetero) is 1. The first-order valence-corrected chi connectivity index (χ1v) is 9.41. The summed E-state index contributed by atoms with van der Waals surface area (Å²) in [6.07, 6.45) is 3.21. The molecule has 3 aromatic rings. The number of fused-ring (bicyclic) bond motifs is 2. The molecule has 0 amide bonds. The fraction of sp³-hybridized carbons (Fsp3) is 0.227. The summed E-state index contributed by atoms with van der Waals surface area (Å²) in [6, 6.07) is 18.2. The molecule has 2 aliphatic rings. The maximum absolute atomic E-state index is 12.6. The number of nitrogens with zero attached hydrogens (tertiary/aromatic N) is 3. The van der Waals surface area contributed by atoms with E-state index in [4.69, 9.17) is 9.97 Å². The summed E-state index contributed by atoms with van der Waals surface area (Å²) in [5, 5.41) is 3.35. The number of rotatable bonds is 3. The van der Waals surface area contributed by atoms with Crippen molar-refractivity contribution in [2.75, 3.05) is 16.8 Å². The fourth-order valence-electron chi connectivity index (χ4n) is 3.92. The summed E-state index contributed by atoms with van der Waals surface area (Å²) in [4.78, 5) is 24.3. The van der Waals surface area contributed by atoms with Crippen LogP contribution in [-0.2, 0) is 12.8 Å². The van der Waals surface area contributed by atoms with E-state index in [-0.39, 0.29) is 5.78 Å². The van der Waals surface area contributed by atoms with Crippen molar-refractivity contribution in [3.05, 3.63) is 71.4 Å². The highest BCUT2D eigenvalue weighted by Crippen LogP contribution is 2.35. The molecule has 1 aliphatic carbocycles. The molecule has 0 radical (unpaired) electrons. The predicted molar refractivity (Wildman–Crippen MR) is 106 cm³/mol. The zero-order valence-electron chi connectivity index (χ0n) is 15.0. The Balaban J connectivity index is 1.61. The number of hydrogen-bond acceptors (Lipinski definition) is 5. The van der Waals surface area contributed by atoms with Gasteiger partial charge in [0.15, 0.2) is 5.78 Å². The maximum Gasteiger partial charge on any atom is 0.232 e. The minimum absolute atomic E-state index is 0.128. The van der Waals surface area contributed by atoms with Crippen LogP contribution in [0.1, 0.15) is 34.5 Å². The van der Waals surface area contributed by atoms with E-state index in [2.05, 4.69) is 28.4 Å². The summed E-state index contributed by atoms with van der Waals surface area (Å²) in [7, 11) is 0. The van der Waals surface area contributed by atoms with Gasteiger partial charge in [-0.2, -0.15) is 4.98 Å². The third-order valence-electron chi connectivity index (χ3n) is 5.23. The normalized spacial score (nSPS) is 15.4. The predicted octanol–water partition coefficient (Wildman–Crippen LogP) is 4.43. The van der Waals surface area contributed by atoms with Gasteiger partial charge in [-0.15, -0.1) is 0 Å². The number of carbonyl (C=O) groups excluding carboxylic acids is 1. The highest BCUT2D eigenvalue weighted by molar-refractivity contribution is 6.03. The Kier molecular flexibility index (Phi) is 3.85. The van der Waals surface area contributed by atoms with Gasteiger partial charge >= 0.3 is 0 Å². The second-order valence-corrected chi connectivity index (χ2v) is 6.99. The number of anilines is 4. The van der Waals surface area contributed by atoms with Crippen molar-refractivity contribution >= 4 is 28.9 Å². The Morgan fingerprint density at radius 3 is 2.59 bits per heavy atom. The SMILES string of the molecule is O=C1CCCc2nc(N3CCc4ccccc43)nc(Nc3ccccc3)c21. The van der Waals surface area contributed by atoms with E-state index in [0.717, 1.165) is 42.9 Å². The van der Waals surface area contributed by atoms with Gasteiger partial charge in [0.1, 0.15) is 5.82 Å². The van der Waals surface area contributed by atoms with Crippen LogP contribution >= 0.6 is 0 Å². The van der Waals surface area contributed by atoms with Crippen LogP contribution in [0, 0.1) is 0 Å². The maximum atomic E-state index is 12.6. The molecule has 0 spiro atoms. The molecule has 5 rings (SSSR count). The molecule has 1 aliphatic heterocycles. The summed E-state index contributed by atoms with van der Waals surface area (Å²) in [5.74, 6) is 1.42. The summed E-state index contributed by atoms with van der Waals surface area (Å²) in [5.41, 5.74) is 4.91. The second kappa shape index (κ2) is 6.50. The van der Waals surface area contributed by atoms with Crippen LogP contribution in [0.2, 0.25) is 0 Å². The molecule has 1 N–H and O–H groups in total. The lowest BCUT2D eigenvalue weighted by molar-refractivity contribution is 0.0972. The molecular weight excluding hydrogens is 336 g/mol. The monoisotopic (exact) mass is 356 g/mol. The Morgan fingerprint density at radius 1 is 0.889 bits per heavy atom. The largest absolute Gasteiger partial charge is 0.339 e. The van der Waals surface area contributed by atoms with Crippen molar-refractivity contribution < 1.29 is 4.79 Å². The first-order valence-electron chi connectivity index (χ1n) is 9.41. The minimum Gasteiger partial charge on any atom is -0.339 e. The lowest BCUT2D eigenvalue weighted by Gasteiger charge is -2.23. The molecule has 1 aromatic heterocycles. The van der Waals surface area contributed by atoms with Crippen molar-refractivity contribution in [3.63, 3.8) is 0 Å². The summed E-state index contributed by atoms with van der Waals surface area (Å²) >= 11 is 0. The van der Waals surface area contributed by atoms with Gasteiger partial charge in [-0.05, 0) is 43.0 Å². The van der Waals surface area contributed by atoms with Gasteiger partial charge in [0, 0.05) is 24.3 Å². The smallest absolute Gasteiger partial charge is 0.232 e. The number of nitrogens with one attached hydrogen (secondary N) is 1. The van der Waals surface area contributed by atoms with E-state index < -0.39 is 0 Å². The molecule has 134 valence electrons. The van der Waals surface area contributed by atoms with Gasteiger partial charge in [-0.3, -0.25) is 4.79 Å². The Hall–Kier alpha value is -3.21. The molecular formula is C22H20N4O. The lowest BCUT2D eigenvalue weighted by atomic mass is 9.95. The van der Waals surface area contributed by atoms with Crippen molar-refractivity contribution in [1.82, 2.24) is 9.97 Å². The van der Waals surface area contributed by atoms with Crippen LogP contribution in [0.15, 0.2) is 54.6 Å². The zero-order valence-corrected chi connectivity index (χ0v) is 15.0. The average molecular weight is 356 g/mol. The number of benzene rings is 2. The molecule has 0 saturated heterocycles. The van der Waals surface area contributed by atoms with Gasteiger partial charge in [-0.25, -0.2) is 4.98 Å². The molecule has 0 unspecified atom stereocenters. The molecule has 27 heavy (non-hydrogen) atoms. The number of aromatic nitrogens is 2. The Bertz CT molecular complexity index is 1020. The Labute approximate surface area is 158 Å². The first-order chi connectivity index (χ1) is 13.3. The number of ketones is 1. The average Bonchev–Trinajstić information content (AvgIpc) is 3.13. The second-order valence-electron chi connectivity index (χ2n) is 6.99. The third-order valence-corrected chi connectivity index (χ3v) is 5.23. The molecule has 0 bridgehead atoms. The minimum atomic E-state index is 0.128. The van der Waals surface area contributed by atoms with Crippen molar-refractivity contribution in [2.45, 2.75) is 25.7 Å². The highest BCUT2D eigenvalue weighted by atomic mass is 16.1. The first kappa shape index (κ1) is 16.0. The summed E-state index contributed by atoms with van der Waals surface area (Å²) in [6.45, 7) is 0.858. The van der Waals surface area contributed by atoms with E-state index in [1.165, 1.54) is 5.56 Å². The van der Waals surface area contributed by atoms with E-state index in [1.54, 1.807) is 0 Å². The lowest BCUT2D eigenvalue weighted by Crippen LogP contribution is -2.22. The van der Waals surface area contributed by atoms with Gasteiger partial charge in [-0.1, -0.05) is 36.4 Å². The molecule has 0 fully saturated rings. The molecule has 0 saturated carbocycles. The van der Waals surface area contributed by atoms with Crippen molar-refractivity contribution in [1.29, 1.82) is 0 Å². The zero-order chi connectivity index (χ0) is 18.2. The number of hydrogen-bond donors (Lipinski definition) is 1. The van der Waals surface area contributed by atoms with Crippen LogP contribution < -0.4 is 10.2 Å². The third kappa shape index (κ3) is 2.85. The van der Waals surface area contributed by atoms with E-state index >= 15 is 0 Å². The Morgan fingerprint density at radius 2 is 1.70 bits per heavy atom. The van der Waals surface area contributed by atoms with Gasteiger partial charge in [0.05, 0.1) is 11.3 Å². The van der Waals surface area contributed by atoms with Crippen LogP contribution in [-0.4, -0.2) is 22.3 Å². The topological polar surface area (TPSA) is 58.1 Å². The molecule has 0 atom stereocenters. The van der Waals surface area contributed by atoms with E-state index in [0.29, 0.717) is 23.8 Å². The number of aryl methyl sites for hydroxylation is 1. The number of para-hydroxylation sites is 2. The highest BCUT2D eigenvalue weighted by Gasteiger charge is 2.28. The van der Waals surface area contributed by atoms with Gasteiger partial charge in [0.2, 0.25) is 5.95 Å². The summed E-state index contributed by atoms with van der Waals surface area (Å²) < 4.78 is 0. The molecule has 5 nitrogen and oxygen atoms in total. The quantitative estimate of drug-likeness (QED) is 0.752. The van der Waals surface area contributed by atoms with Gasteiger partial charge < -0.3 is 10.2 Å². The van der Waals surface area contributed by atoms with Crippen LogP contribution in [0.4, 0.5) is 23.1 Å². The molecule has 2 heterocycles. The van der Waals surface area contributed by atoms with E-state index in [9.17, 15) is 4.79 Å². The van der Waals surface area contributed by atoms with E-state index in [1.807, 2.05) is 36.4 Å². The van der Waals surface area contributed by atoms with Crippen LogP contribution in [0.3, 0.4) is 0 Å². The van der Waals surface area contributed by atoms with Crippen LogP contribution in [0.25, 0.3) is 0 Å².